The van der Waals surface area contributed by atoms with Gasteiger partial charge in [-0.3, -0.25) is 9.59 Å². The highest BCUT2D eigenvalue weighted by molar-refractivity contribution is 9.11. The minimum absolute atomic E-state index is 0. The Morgan fingerprint density at radius 3 is 2.59 bits per heavy atom. The van der Waals surface area contributed by atoms with Gasteiger partial charge in [-0.25, -0.2) is 0 Å². The molecule has 1 heterocycles. The van der Waals surface area contributed by atoms with Crippen molar-refractivity contribution in [2.24, 2.45) is 11.7 Å². The van der Waals surface area contributed by atoms with Crippen molar-refractivity contribution in [2.75, 3.05) is 20.1 Å². The molecule has 1 aromatic rings. The van der Waals surface area contributed by atoms with E-state index in [0.29, 0.717) is 17.3 Å². The molecule has 1 aliphatic rings. The van der Waals surface area contributed by atoms with E-state index in [1.165, 1.54) is 16.2 Å². The van der Waals surface area contributed by atoms with Crippen LogP contribution >= 0.6 is 39.7 Å². The molecule has 1 atom stereocenters. The summed E-state index contributed by atoms with van der Waals surface area (Å²) in [6.07, 6.45) is 2.21. The summed E-state index contributed by atoms with van der Waals surface area (Å²) in [5.41, 5.74) is 5.43. The van der Waals surface area contributed by atoms with E-state index in [9.17, 15) is 9.59 Å². The average Bonchev–Trinajstić information content (AvgIpc) is 3.20. The van der Waals surface area contributed by atoms with Crippen LogP contribution in [0.3, 0.4) is 0 Å². The summed E-state index contributed by atoms with van der Waals surface area (Å²) >= 11 is 4.68. The maximum absolute atomic E-state index is 12.2. The molecule has 1 aliphatic carbocycles. The fourth-order valence-corrected chi connectivity index (χ4v) is 3.68. The molecule has 22 heavy (non-hydrogen) atoms. The lowest BCUT2D eigenvalue weighted by Crippen LogP contribution is -2.55. The number of likely N-dealkylation sites (N-methyl/N-ethyl adjacent to an activating group) is 1. The maximum atomic E-state index is 12.2. The van der Waals surface area contributed by atoms with Crippen molar-refractivity contribution in [2.45, 2.75) is 25.3 Å². The van der Waals surface area contributed by atoms with Crippen molar-refractivity contribution in [3.63, 3.8) is 0 Å². The molecule has 2 rings (SSSR count). The summed E-state index contributed by atoms with van der Waals surface area (Å²) in [7, 11) is 1.63. The van der Waals surface area contributed by atoms with Crippen molar-refractivity contribution < 1.29 is 9.59 Å². The first kappa shape index (κ1) is 19.4. The second-order valence-electron chi connectivity index (χ2n) is 5.71. The number of hydrogen-bond donors (Lipinski definition) is 2. The number of thiophene rings is 1. The number of rotatable bonds is 6. The van der Waals surface area contributed by atoms with E-state index in [4.69, 9.17) is 5.73 Å². The third-order valence-electron chi connectivity index (χ3n) is 3.84. The lowest BCUT2D eigenvalue weighted by Gasteiger charge is -2.30. The Labute approximate surface area is 149 Å². The van der Waals surface area contributed by atoms with Gasteiger partial charge < -0.3 is 16.0 Å². The zero-order chi connectivity index (χ0) is 15.6. The minimum Gasteiger partial charge on any atom is -0.348 e. The number of amides is 2. The summed E-state index contributed by atoms with van der Waals surface area (Å²) in [4.78, 5) is 26.4. The van der Waals surface area contributed by atoms with Gasteiger partial charge in [0, 0.05) is 13.6 Å². The van der Waals surface area contributed by atoms with Crippen molar-refractivity contribution in [1.29, 1.82) is 0 Å². The molecule has 1 aromatic heterocycles. The van der Waals surface area contributed by atoms with Gasteiger partial charge in [-0.2, -0.15) is 0 Å². The number of carbonyl (C=O) groups is 2. The van der Waals surface area contributed by atoms with E-state index >= 15 is 0 Å². The number of hydrogen-bond acceptors (Lipinski definition) is 4. The summed E-state index contributed by atoms with van der Waals surface area (Å²) in [5, 5.41) is 2.98. The second kappa shape index (κ2) is 7.77. The van der Waals surface area contributed by atoms with E-state index < -0.39 is 0 Å². The summed E-state index contributed by atoms with van der Waals surface area (Å²) in [6.45, 7) is 2.43. The molecule has 1 saturated carbocycles. The zero-order valence-corrected chi connectivity index (χ0v) is 15.8. The van der Waals surface area contributed by atoms with Crippen molar-refractivity contribution in [3.8, 4) is 0 Å². The molecule has 3 N–H and O–H groups in total. The molecule has 0 radical (unpaired) electrons. The van der Waals surface area contributed by atoms with Gasteiger partial charge in [0.2, 0.25) is 5.91 Å². The minimum atomic E-state index is -0.354. The molecule has 0 spiro atoms. The van der Waals surface area contributed by atoms with Gasteiger partial charge >= 0.3 is 0 Å². The van der Waals surface area contributed by atoms with E-state index in [0.717, 1.165) is 16.6 Å². The van der Waals surface area contributed by atoms with Crippen molar-refractivity contribution >= 4 is 51.5 Å². The van der Waals surface area contributed by atoms with Crippen LogP contribution in [0.15, 0.2) is 15.9 Å². The monoisotopic (exact) mass is 409 g/mol. The molecule has 0 bridgehead atoms. The molecular formula is C14H21BrClN3O2S. The molecule has 5 nitrogen and oxygen atoms in total. The van der Waals surface area contributed by atoms with Gasteiger partial charge in [0.25, 0.3) is 5.91 Å². The van der Waals surface area contributed by atoms with Crippen LogP contribution in [0.4, 0.5) is 0 Å². The Hall–Kier alpha value is -0.630. The summed E-state index contributed by atoms with van der Waals surface area (Å²) in [5.74, 6) is 0.142. The Morgan fingerprint density at radius 1 is 1.50 bits per heavy atom. The Balaban J connectivity index is 0.00000242. The van der Waals surface area contributed by atoms with E-state index in [2.05, 4.69) is 21.2 Å². The van der Waals surface area contributed by atoms with Gasteiger partial charge in [-0.15, -0.1) is 23.7 Å². The van der Waals surface area contributed by atoms with Crippen LogP contribution in [0, 0.1) is 5.92 Å². The average molecular weight is 411 g/mol. The highest BCUT2D eigenvalue weighted by Crippen LogP contribution is 2.38. The Bertz CT molecular complexity index is 550. The van der Waals surface area contributed by atoms with Crippen molar-refractivity contribution in [3.05, 3.63) is 20.8 Å². The topological polar surface area (TPSA) is 75.4 Å². The molecule has 124 valence electrons. The highest BCUT2D eigenvalue weighted by atomic mass is 79.9. The molecule has 0 saturated heterocycles. The van der Waals surface area contributed by atoms with Crippen LogP contribution < -0.4 is 11.1 Å². The van der Waals surface area contributed by atoms with E-state index in [1.54, 1.807) is 13.1 Å². The van der Waals surface area contributed by atoms with Gasteiger partial charge in [0.15, 0.2) is 0 Å². The first-order chi connectivity index (χ1) is 9.85. The highest BCUT2D eigenvalue weighted by Gasteiger charge is 2.41. The molecule has 1 fully saturated rings. The van der Waals surface area contributed by atoms with Crippen LogP contribution in [0.25, 0.3) is 0 Å². The van der Waals surface area contributed by atoms with E-state index in [-0.39, 0.29) is 36.3 Å². The number of nitrogens with zero attached hydrogens (tertiary/aromatic N) is 1. The van der Waals surface area contributed by atoms with Crippen LogP contribution in [-0.2, 0) is 4.79 Å². The smallest absolute Gasteiger partial charge is 0.264 e. The Kier molecular flexibility index (Phi) is 6.85. The van der Waals surface area contributed by atoms with Crippen molar-refractivity contribution in [1.82, 2.24) is 10.2 Å². The predicted octanol–water partition coefficient (Wildman–Crippen LogP) is 2.25. The van der Waals surface area contributed by atoms with Gasteiger partial charge in [0.1, 0.15) is 0 Å². The number of nitrogens with two attached hydrogens (primary N) is 1. The van der Waals surface area contributed by atoms with Crippen LogP contribution in [-0.4, -0.2) is 42.4 Å². The van der Waals surface area contributed by atoms with Crippen LogP contribution in [0.5, 0.6) is 0 Å². The van der Waals surface area contributed by atoms with Gasteiger partial charge in [-0.05, 0) is 53.7 Å². The number of halogens is 2. The normalized spacial score (nSPS) is 16.4. The summed E-state index contributed by atoms with van der Waals surface area (Å²) < 4.78 is 0.896. The van der Waals surface area contributed by atoms with Crippen LogP contribution in [0.1, 0.15) is 29.4 Å². The summed E-state index contributed by atoms with van der Waals surface area (Å²) in [6, 6.07) is 3.57. The third-order valence-corrected chi connectivity index (χ3v) is 5.45. The number of nitrogens with one attached hydrogen (secondary N) is 1. The number of carbonyl (C=O) groups excluding carboxylic acids is 2. The molecule has 0 aromatic carbocycles. The molecule has 2 amide bonds. The quantitative estimate of drug-likeness (QED) is 0.755. The Morgan fingerprint density at radius 2 is 2.14 bits per heavy atom. The third kappa shape index (κ3) is 4.68. The van der Waals surface area contributed by atoms with Crippen LogP contribution in [0.2, 0.25) is 0 Å². The maximum Gasteiger partial charge on any atom is 0.264 e. The molecule has 1 unspecified atom stereocenters. The lowest BCUT2D eigenvalue weighted by molar-refractivity contribution is -0.123. The van der Waals surface area contributed by atoms with Gasteiger partial charge in [-0.1, -0.05) is 0 Å². The fraction of sp³-hybridized carbons (Fsp3) is 0.571. The predicted molar refractivity (Wildman–Crippen MR) is 94.6 cm³/mol. The zero-order valence-electron chi connectivity index (χ0n) is 12.6. The standard InChI is InChI=1S/C14H20BrN3O2S.ClH/c1-14(8-16,9-3-4-9)17-12(19)7-18(2)13(20)10-5-6-11(15)21-10;/h5-6,9H,3-4,7-8,16H2,1-2H3,(H,17,19);1H. The first-order valence-corrected chi connectivity index (χ1v) is 8.48. The van der Waals surface area contributed by atoms with Gasteiger partial charge in [0.05, 0.1) is 20.7 Å². The lowest BCUT2D eigenvalue weighted by atomic mass is 9.96. The first-order valence-electron chi connectivity index (χ1n) is 6.87. The second-order valence-corrected chi connectivity index (χ2v) is 8.17. The van der Waals surface area contributed by atoms with E-state index in [1.807, 2.05) is 13.0 Å². The molecule has 0 aliphatic heterocycles. The fourth-order valence-electron chi connectivity index (χ4n) is 2.30. The molecule has 8 heteroatoms. The SMILES string of the molecule is CN(CC(=O)NC(C)(CN)C1CC1)C(=O)c1ccc(Br)s1.Cl. The largest absolute Gasteiger partial charge is 0.348 e. The molecular weight excluding hydrogens is 390 g/mol.